The quantitative estimate of drug-likeness (QED) is 0.885. The summed E-state index contributed by atoms with van der Waals surface area (Å²) in [5.74, 6) is 1.45. The number of aromatic nitrogens is 2. The highest BCUT2D eigenvalue weighted by Crippen LogP contribution is 2.42. The Morgan fingerprint density at radius 2 is 2.26 bits per heavy atom. The van der Waals surface area contributed by atoms with Gasteiger partial charge in [-0.3, -0.25) is 0 Å². The molecule has 108 valence electrons. The lowest BCUT2D eigenvalue weighted by atomic mass is 9.66. The van der Waals surface area contributed by atoms with E-state index >= 15 is 0 Å². The first kappa shape index (κ1) is 14.6. The van der Waals surface area contributed by atoms with Gasteiger partial charge in [-0.1, -0.05) is 33.6 Å². The molecule has 0 bridgehead atoms. The van der Waals surface area contributed by atoms with Crippen LogP contribution in [0.15, 0.2) is 12.4 Å². The highest BCUT2D eigenvalue weighted by Gasteiger charge is 2.37. The molecule has 3 nitrogen and oxygen atoms in total. The Morgan fingerprint density at radius 1 is 1.47 bits per heavy atom. The number of aliphatic hydroxyl groups is 1. The first-order chi connectivity index (χ1) is 9.04. The van der Waals surface area contributed by atoms with E-state index in [9.17, 15) is 5.11 Å². The third-order valence-electron chi connectivity index (χ3n) is 4.71. The molecular formula is C16H28N2O. The van der Waals surface area contributed by atoms with Gasteiger partial charge in [0.15, 0.2) is 0 Å². The second kappa shape index (κ2) is 6.08. The largest absolute Gasteiger partial charge is 0.392 e. The number of aliphatic hydroxyl groups excluding tert-OH is 1. The van der Waals surface area contributed by atoms with Gasteiger partial charge in [0, 0.05) is 25.4 Å². The topological polar surface area (TPSA) is 38.0 Å². The van der Waals surface area contributed by atoms with Crippen molar-refractivity contribution in [3.05, 3.63) is 18.2 Å². The van der Waals surface area contributed by atoms with Crippen LogP contribution in [0.2, 0.25) is 0 Å². The Hall–Kier alpha value is -0.830. The normalized spacial score (nSPS) is 24.3. The summed E-state index contributed by atoms with van der Waals surface area (Å²) in [4.78, 5) is 4.42. The van der Waals surface area contributed by atoms with E-state index in [0.717, 1.165) is 25.2 Å². The van der Waals surface area contributed by atoms with Crippen LogP contribution in [0.4, 0.5) is 0 Å². The van der Waals surface area contributed by atoms with Crippen LogP contribution in [0, 0.1) is 11.3 Å². The summed E-state index contributed by atoms with van der Waals surface area (Å²) in [5.41, 5.74) is 0.264. The highest BCUT2D eigenvalue weighted by molar-refractivity contribution is 4.97. The van der Waals surface area contributed by atoms with Crippen LogP contribution >= 0.6 is 0 Å². The third-order valence-corrected chi connectivity index (χ3v) is 4.71. The van der Waals surface area contributed by atoms with E-state index in [-0.39, 0.29) is 11.5 Å². The van der Waals surface area contributed by atoms with Crippen molar-refractivity contribution in [3.8, 4) is 0 Å². The van der Waals surface area contributed by atoms with E-state index in [4.69, 9.17) is 0 Å². The van der Waals surface area contributed by atoms with E-state index in [1.165, 1.54) is 19.3 Å². The van der Waals surface area contributed by atoms with Crippen molar-refractivity contribution in [1.29, 1.82) is 0 Å². The fourth-order valence-corrected chi connectivity index (χ4v) is 3.54. The van der Waals surface area contributed by atoms with Crippen LogP contribution in [0.1, 0.15) is 58.7 Å². The fraction of sp³-hybridized carbons (Fsp3) is 0.812. The van der Waals surface area contributed by atoms with Gasteiger partial charge in [0.05, 0.1) is 6.10 Å². The SMILES string of the molecule is CCCn1ccnc1CC(O)C1CCCCC1(C)C. The second-order valence-corrected chi connectivity index (χ2v) is 6.65. The maximum Gasteiger partial charge on any atom is 0.111 e. The average Bonchev–Trinajstić information content (AvgIpc) is 2.76. The van der Waals surface area contributed by atoms with E-state index < -0.39 is 0 Å². The average molecular weight is 264 g/mol. The van der Waals surface area contributed by atoms with Crippen molar-refractivity contribution in [2.24, 2.45) is 11.3 Å². The zero-order valence-corrected chi connectivity index (χ0v) is 12.6. The zero-order valence-electron chi connectivity index (χ0n) is 12.6. The summed E-state index contributed by atoms with van der Waals surface area (Å²) in [6.07, 6.45) is 10.4. The van der Waals surface area contributed by atoms with Gasteiger partial charge in [0.2, 0.25) is 0 Å². The van der Waals surface area contributed by atoms with Crippen molar-refractivity contribution < 1.29 is 5.11 Å². The predicted molar refractivity (Wildman–Crippen MR) is 78.0 cm³/mol. The summed E-state index contributed by atoms with van der Waals surface area (Å²) < 4.78 is 2.18. The van der Waals surface area contributed by atoms with E-state index in [1.54, 1.807) is 0 Å². The standard InChI is InChI=1S/C16H28N2O/c1-4-10-18-11-9-17-15(18)12-14(19)13-7-5-6-8-16(13,2)3/h9,11,13-14,19H,4-8,10,12H2,1-3H3. The number of aryl methyl sites for hydroxylation is 1. The van der Waals surface area contributed by atoms with Crippen molar-refractivity contribution in [3.63, 3.8) is 0 Å². The Kier molecular flexibility index (Phi) is 4.67. The number of hydrogen-bond acceptors (Lipinski definition) is 2. The molecule has 1 aromatic rings. The van der Waals surface area contributed by atoms with Crippen LogP contribution in [0.25, 0.3) is 0 Å². The van der Waals surface area contributed by atoms with Crippen molar-refractivity contribution in [2.75, 3.05) is 0 Å². The van der Waals surface area contributed by atoms with Crippen molar-refractivity contribution in [2.45, 2.75) is 71.9 Å². The number of nitrogens with zero attached hydrogens (tertiary/aromatic N) is 2. The van der Waals surface area contributed by atoms with Crippen LogP contribution < -0.4 is 0 Å². The van der Waals surface area contributed by atoms with E-state index in [0.29, 0.717) is 12.3 Å². The molecule has 1 aliphatic rings. The minimum Gasteiger partial charge on any atom is -0.392 e. The molecule has 3 heteroatoms. The summed E-state index contributed by atoms with van der Waals surface area (Å²) in [6, 6.07) is 0. The molecule has 0 saturated heterocycles. The van der Waals surface area contributed by atoms with Gasteiger partial charge in [-0.05, 0) is 30.6 Å². The Bertz CT molecular complexity index is 397. The molecular weight excluding hydrogens is 236 g/mol. The molecule has 1 heterocycles. The Morgan fingerprint density at radius 3 is 2.95 bits per heavy atom. The Balaban J connectivity index is 2.03. The van der Waals surface area contributed by atoms with Gasteiger partial charge >= 0.3 is 0 Å². The van der Waals surface area contributed by atoms with E-state index in [2.05, 4.69) is 30.3 Å². The monoisotopic (exact) mass is 264 g/mol. The molecule has 2 rings (SSSR count). The second-order valence-electron chi connectivity index (χ2n) is 6.65. The van der Waals surface area contributed by atoms with Gasteiger partial charge < -0.3 is 9.67 Å². The van der Waals surface area contributed by atoms with Crippen molar-refractivity contribution >= 4 is 0 Å². The minimum atomic E-state index is -0.256. The Labute approximate surface area is 117 Å². The zero-order chi connectivity index (χ0) is 13.9. The van der Waals surface area contributed by atoms with Gasteiger partial charge in [-0.2, -0.15) is 0 Å². The molecule has 0 spiro atoms. The lowest BCUT2D eigenvalue weighted by Gasteiger charge is -2.41. The first-order valence-electron chi connectivity index (χ1n) is 7.72. The molecule has 2 unspecified atom stereocenters. The van der Waals surface area contributed by atoms with Crippen molar-refractivity contribution in [1.82, 2.24) is 9.55 Å². The molecule has 0 aromatic carbocycles. The molecule has 2 atom stereocenters. The molecule has 1 aliphatic carbocycles. The molecule has 19 heavy (non-hydrogen) atoms. The molecule has 1 saturated carbocycles. The van der Waals surface area contributed by atoms with Gasteiger partial charge in [-0.25, -0.2) is 4.98 Å². The van der Waals surface area contributed by atoms with Crippen LogP contribution in [0.3, 0.4) is 0 Å². The smallest absolute Gasteiger partial charge is 0.111 e. The maximum absolute atomic E-state index is 10.6. The lowest BCUT2D eigenvalue weighted by molar-refractivity contribution is 0.00436. The molecule has 1 fully saturated rings. The van der Waals surface area contributed by atoms with Gasteiger partial charge in [0.1, 0.15) is 5.82 Å². The fourth-order valence-electron chi connectivity index (χ4n) is 3.54. The first-order valence-corrected chi connectivity index (χ1v) is 7.72. The number of rotatable bonds is 5. The summed E-state index contributed by atoms with van der Waals surface area (Å²) >= 11 is 0. The molecule has 0 amide bonds. The maximum atomic E-state index is 10.6. The van der Waals surface area contributed by atoms with Gasteiger partial charge in [0.25, 0.3) is 0 Å². The van der Waals surface area contributed by atoms with Gasteiger partial charge in [-0.15, -0.1) is 0 Å². The van der Waals surface area contributed by atoms with Crippen LogP contribution in [-0.4, -0.2) is 20.8 Å². The molecule has 1 aromatic heterocycles. The molecule has 0 radical (unpaired) electrons. The summed E-state index contributed by atoms with van der Waals surface area (Å²) in [7, 11) is 0. The van der Waals surface area contributed by atoms with Crippen LogP contribution in [-0.2, 0) is 13.0 Å². The number of imidazole rings is 1. The third kappa shape index (κ3) is 3.38. The predicted octanol–water partition coefficient (Wildman–Crippen LogP) is 3.41. The summed E-state index contributed by atoms with van der Waals surface area (Å²) in [6.45, 7) is 7.78. The molecule has 0 aliphatic heterocycles. The lowest BCUT2D eigenvalue weighted by Crippen LogP contribution is -2.38. The van der Waals surface area contributed by atoms with E-state index in [1.807, 2.05) is 12.4 Å². The summed E-state index contributed by atoms with van der Waals surface area (Å²) in [5, 5.41) is 10.6. The van der Waals surface area contributed by atoms with Crippen LogP contribution in [0.5, 0.6) is 0 Å². The highest BCUT2D eigenvalue weighted by atomic mass is 16.3. The number of hydrogen-bond donors (Lipinski definition) is 1. The molecule has 1 N–H and O–H groups in total. The minimum absolute atomic E-state index is 0.256.